The number of rotatable bonds is 5. The number of pyridine rings is 1. The molecule has 1 fully saturated rings. The summed E-state index contributed by atoms with van der Waals surface area (Å²) in [4.78, 5) is 4.07. The average Bonchev–Trinajstić information content (AvgIpc) is 2.82. The number of hydrogen-bond acceptors (Lipinski definition) is 3. The fourth-order valence-electron chi connectivity index (χ4n) is 2.39. The van der Waals surface area contributed by atoms with Gasteiger partial charge in [-0.25, -0.2) is 0 Å². The van der Waals surface area contributed by atoms with Crippen LogP contribution in [0.15, 0.2) is 18.5 Å². The van der Waals surface area contributed by atoms with Crippen LogP contribution >= 0.6 is 0 Å². The van der Waals surface area contributed by atoms with E-state index in [2.05, 4.69) is 4.98 Å². The molecule has 3 heteroatoms. The lowest BCUT2D eigenvalue weighted by atomic mass is 10.00. The SMILES string of the molecule is Cc1ccncc1C(O)CCCC1CCCO1. The van der Waals surface area contributed by atoms with E-state index in [1.165, 1.54) is 12.8 Å². The van der Waals surface area contributed by atoms with E-state index in [4.69, 9.17) is 4.74 Å². The van der Waals surface area contributed by atoms with E-state index in [-0.39, 0.29) is 6.10 Å². The molecule has 0 saturated carbocycles. The lowest BCUT2D eigenvalue weighted by Gasteiger charge is -2.14. The second-order valence-electron chi connectivity index (χ2n) is 4.81. The van der Waals surface area contributed by atoms with Crippen molar-refractivity contribution in [2.75, 3.05) is 6.61 Å². The normalized spacial score (nSPS) is 21.6. The minimum absolute atomic E-state index is 0.384. The van der Waals surface area contributed by atoms with Gasteiger partial charge in [0.1, 0.15) is 0 Å². The van der Waals surface area contributed by atoms with Gasteiger partial charge in [0, 0.05) is 24.6 Å². The van der Waals surface area contributed by atoms with Crippen LogP contribution in [0.25, 0.3) is 0 Å². The zero-order valence-electron chi connectivity index (χ0n) is 10.4. The number of aromatic nitrogens is 1. The third-order valence-electron chi connectivity index (χ3n) is 3.47. The first-order chi connectivity index (χ1) is 8.27. The van der Waals surface area contributed by atoms with Crippen LogP contribution in [-0.2, 0) is 4.74 Å². The molecule has 94 valence electrons. The molecule has 0 amide bonds. The highest BCUT2D eigenvalue weighted by molar-refractivity contribution is 5.23. The van der Waals surface area contributed by atoms with Crippen LogP contribution in [0.3, 0.4) is 0 Å². The lowest BCUT2D eigenvalue weighted by molar-refractivity contribution is 0.0943. The molecule has 2 unspecified atom stereocenters. The van der Waals surface area contributed by atoms with E-state index in [9.17, 15) is 5.11 Å². The van der Waals surface area contributed by atoms with Gasteiger partial charge in [0.15, 0.2) is 0 Å². The van der Waals surface area contributed by atoms with Gasteiger partial charge < -0.3 is 9.84 Å². The number of aliphatic hydroxyl groups is 1. The Bertz CT molecular complexity index is 348. The number of aliphatic hydroxyl groups excluding tert-OH is 1. The fourth-order valence-corrected chi connectivity index (χ4v) is 2.39. The summed E-state index contributed by atoms with van der Waals surface area (Å²) in [7, 11) is 0. The predicted octanol–water partition coefficient (Wildman–Crippen LogP) is 2.77. The van der Waals surface area contributed by atoms with Gasteiger partial charge in [-0.05, 0) is 50.7 Å². The molecule has 0 radical (unpaired) electrons. The number of aryl methyl sites for hydroxylation is 1. The van der Waals surface area contributed by atoms with Crippen molar-refractivity contribution < 1.29 is 9.84 Å². The molecule has 1 aromatic heterocycles. The van der Waals surface area contributed by atoms with E-state index in [0.29, 0.717) is 6.10 Å². The highest BCUT2D eigenvalue weighted by Crippen LogP contribution is 2.24. The Morgan fingerprint density at radius 3 is 3.18 bits per heavy atom. The van der Waals surface area contributed by atoms with Gasteiger partial charge in [-0.15, -0.1) is 0 Å². The molecule has 1 aliphatic heterocycles. The fraction of sp³-hybridized carbons (Fsp3) is 0.643. The molecule has 0 bridgehead atoms. The summed E-state index contributed by atoms with van der Waals surface area (Å²) in [5.41, 5.74) is 2.07. The quantitative estimate of drug-likeness (QED) is 0.853. The first kappa shape index (κ1) is 12.5. The highest BCUT2D eigenvalue weighted by atomic mass is 16.5. The summed E-state index contributed by atoms with van der Waals surface area (Å²) in [6, 6.07) is 1.94. The largest absolute Gasteiger partial charge is 0.388 e. The van der Waals surface area contributed by atoms with Crippen molar-refractivity contribution in [1.82, 2.24) is 4.98 Å². The minimum atomic E-state index is -0.384. The van der Waals surface area contributed by atoms with Crippen LogP contribution in [0.1, 0.15) is 49.3 Å². The standard InChI is InChI=1S/C14H21NO2/c1-11-7-8-15-10-13(11)14(16)6-2-4-12-5-3-9-17-12/h7-8,10,12,14,16H,2-6,9H2,1H3. The zero-order valence-corrected chi connectivity index (χ0v) is 10.4. The van der Waals surface area contributed by atoms with Crippen molar-refractivity contribution in [1.29, 1.82) is 0 Å². The first-order valence-electron chi connectivity index (χ1n) is 6.47. The van der Waals surface area contributed by atoms with Gasteiger partial charge in [0.25, 0.3) is 0 Å². The lowest BCUT2D eigenvalue weighted by Crippen LogP contribution is -2.06. The molecule has 0 spiro atoms. The van der Waals surface area contributed by atoms with Crippen LogP contribution in [0.2, 0.25) is 0 Å². The zero-order chi connectivity index (χ0) is 12.1. The summed E-state index contributed by atoms with van der Waals surface area (Å²) in [6.07, 6.45) is 8.83. The van der Waals surface area contributed by atoms with E-state index >= 15 is 0 Å². The molecule has 2 atom stereocenters. The van der Waals surface area contributed by atoms with Crippen molar-refractivity contribution in [3.8, 4) is 0 Å². The summed E-state index contributed by atoms with van der Waals surface area (Å²) in [5.74, 6) is 0. The summed E-state index contributed by atoms with van der Waals surface area (Å²) in [5, 5.41) is 10.1. The van der Waals surface area contributed by atoms with E-state index in [0.717, 1.165) is 37.0 Å². The molecule has 0 aliphatic carbocycles. The first-order valence-corrected chi connectivity index (χ1v) is 6.47. The van der Waals surface area contributed by atoms with Gasteiger partial charge in [-0.2, -0.15) is 0 Å². The summed E-state index contributed by atoms with van der Waals surface area (Å²) in [6.45, 7) is 2.93. The average molecular weight is 235 g/mol. The smallest absolute Gasteiger partial charge is 0.0807 e. The highest BCUT2D eigenvalue weighted by Gasteiger charge is 2.16. The monoisotopic (exact) mass is 235 g/mol. The minimum Gasteiger partial charge on any atom is -0.388 e. The maximum Gasteiger partial charge on any atom is 0.0807 e. The van der Waals surface area contributed by atoms with Crippen molar-refractivity contribution >= 4 is 0 Å². The van der Waals surface area contributed by atoms with E-state index in [1.54, 1.807) is 12.4 Å². The van der Waals surface area contributed by atoms with Gasteiger partial charge in [-0.3, -0.25) is 4.98 Å². The van der Waals surface area contributed by atoms with Crippen LogP contribution in [0.5, 0.6) is 0 Å². The van der Waals surface area contributed by atoms with Gasteiger partial charge in [0.05, 0.1) is 12.2 Å². The Hall–Kier alpha value is -0.930. The molecule has 3 nitrogen and oxygen atoms in total. The van der Waals surface area contributed by atoms with Crippen molar-refractivity contribution in [2.45, 2.75) is 51.2 Å². The van der Waals surface area contributed by atoms with Crippen LogP contribution < -0.4 is 0 Å². The Morgan fingerprint density at radius 2 is 2.47 bits per heavy atom. The molecular weight excluding hydrogens is 214 g/mol. The molecule has 2 heterocycles. The molecule has 0 aromatic carbocycles. The summed E-state index contributed by atoms with van der Waals surface area (Å²) < 4.78 is 5.57. The Morgan fingerprint density at radius 1 is 1.59 bits per heavy atom. The van der Waals surface area contributed by atoms with Crippen molar-refractivity contribution in [3.63, 3.8) is 0 Å². The van der Waals surface area contributed by atoms with Crippen molar-refractivity contribution in [3.05, 3.63) is 29.6 Å². The van der Waals surface area contributed by atoms with E-state index in [1.807, 2.05) is 13.0 Å². The second-order valence-corrected chi connectivity index (χ2v) is 4.81. The molecule has 1 N–H and O–H groups in total. The van der Waals surface area contributed by atoms with Gasteiger partial charge >= 0.3 is 0 Å². The number of nitrogens with zero attached hydrogens (tertiary/aromatic N) is 1. The second kappa shape index (κ2) is 6.12. The van der Waals surface area contributed by atoms with E-state index < -0.39 is 0 Å². The Labute approximate surface area is 103 Å². The Balaban J connectivity index is 1.77. The predicted molar refractivity (Wildman–Crippen MR) is 66.8 cm³/mol. The van der Waals surface area contributed by atoms with Crippen molar-refractivity contribution in [2.24, 2.45) is 0 Å². The van der Waals surface area contributed by atoms with Crippen LogP contribution in [0.4, 0.5) is 0 Å². The van der Waals surface area contributed by atoms with Gasteiger partial charge in [0.2, 0.25) is 0 Å². The third-order valence-corrected chi connectivity index (χ3v) is 3.47. The third kappa shape index (κ3) is 3.51. The molecule has 17 heavy (non-hydrogen) atoms. The number of ether oxygens (including phenoxy) is 1. The van der Waals surface area contributed by atoms with Crippen LogP contribution in [0, 0.1) is 6.92 Å². The Kier molecular flexibility index (Phi) is 4.51. The van der Waals surface area contributed by atoms with Crippen LogP contribution in [-0.4, -0.2) is 22.8 Å². The molecule has 1 saturated heterocycles. The molecule has 2 rings (SSSR count). The number of hydrogen-bond donors (Lipinski definition) is 1. The molecule has 1 aliphatic rings. The maximum absolute atomic E-state index is 10.1. The molecular formula is C14H21NO2. The topological polar surface area (TPSA) is 42.4 Å². The van der Waals surface area contributed by atoms with Gasteiger partial charge in [-0.1, -0.05) is 0 Å². The molecule has 1 aromatic rings. The summed E-state index contributed by atoms with van der Waals surface area (Å²) >= 11 is 0. The maximum atomic E-state index is 10.1.